The zero-order valence-electron chi connectivity index (χ0n) is 17.8. The van der Waals surface area contributed by atoms with Gasteiger partial charge in [-0.15, -0.1) is 0 Å². The summed E-state index contributed by atoms with van der Waals surface area (Å²) in [6.07, 6.45) is 6.66. The average Bonchev–Trinajstić information content (AvgIpc) is 3.04. The lowest BCUT2D eigenvalue weighted by Gasteiger charge is -2.30. The molecule has 7 nitrogen and oxygen atoms in total. The summed E-state index contributed by atoms with van der Waals surface area (Å²) in [5.41, 5.74) is 2.04. The van der Waals surface area contributed by atoms with E-state index in [0.29, 0.717) is 30.3 Å². The van der Waals surface area contributed by atoms with E-state index in [1.807, 2.05) is 9.58 Å². The molecule has 7 heteroatoms. The Labute approximate surface area is 177 Å². The molecule has 0 unspecified atom stereocenters. The van der Waals surface area contributed by atoms with E-state index in [1.165, 1.54) is 0 Å². The number of aryl methyl sites for hydroxylation is 1. The summed E-state index contributed by atoms with van der Waals surface area (Å²) < 4.78 is 7.04. The second kappa shape index (κ2) is 8.90. The highest BCUT2D eigenvalue weighted by molar-refractivity contribution is 6.05. The minimum Gasteiger partial charge on any atom is -0.497 e. The minimum atomic E-state index is -0.206. The van der Waals surface area contributed by atoms with Gasteiger partial charge in [-0.2, -0.15) is 5.10 Å². The summed E-state index contributed by atoms with van der Waals surface area (Å²) in [6, 6.07) is 7.22. The quantitative estimate of drug-likeness (QED) is 0.834. The lowest BCUT2D eigenvalue weighted by atomic mass is 9.82. The maximum Gasteiger partial charge on any atom is 0.259 e. The number of hydrogen-bond donors (Lipinski definition) is 1. The second-order valence-electron chi connectivity index (χ2n) is 8.48. The molecule has 0 atom stereocenters. The van der Waals surface area contributed by atoms with E-state index in [-0.39, 0.29) is 17.7 Å². The molecule has 1 aromatic heterocycles. The van der Waals surface area contributed by atoms with Gasteiger partial charge in [-0.25, -0.2) is 0 Å². The fraction of sp³-hybridized carbons (Fsp3) is 0.522. The summed E-state index contributed by atoms with van der Waals surface area (Å²) in [5.74, 6) is 1.60. The van der Waals surface area contributed by atoms with E-state index in [0.717, 1.165) is 50.1 Å². The SMILES string of the molecule is COc1ccc(NC(=O)c2cnn3c2CN(C(=O)C2CCC(C)CC2)CCC3)cc1. The van der Waals surface area contributed by atoms with E-state index in [4.69, 9.17) is 4.74 Å². The summed E-state index contributed by atoms with van der Waals surface area (Å²) in [6.45, 7) is 4.14. The fourth-order valence-corrected chi connectivity index (χ4v) is 4.46. The third-order valence-electron chi connectivity index (χ3n) is 6.36. The average molecular weight is 411 g/mol. The summed E-state index contributed by atoms with van der Waals surface area (Å²) in [4.78, 5) is 28.0. The number of aromatic nitrogens is 2. The van der Waals surface area contributed by atoms with Crippen LogP contribution < -0.4 is 10.1 Å². The number of carbonyl (C=O) groups excluding carboxylic acids is 2. The van der Waals surface area contributed by atoms with Gasteiger partial charge in [-0.1, -0.05) is 6.92 Å². The number of benzene rings is 1. The molecule has 2 aromatic rings. The van der Waals surface area contributed by atoms with Crippen LogP contribution in [0.1, 0.15) is 55.1 Å². The van der Waals surface area contributed by atoms with Crippen molar-refractivity contribution in [1.82, 2.24) is 14.7 Å². The highest BCUT2D eigenvalue weighted by Gasteiger charge is 2.31. The van der Waals surface area contributed by atoms with Crippen LogP contribution in [-0.4, -0.2) is 40.1 Å². The topological polar surface area (TPSA) is 76.5 Å². The van der Waals surface area contributed by atoms with Gasteiger partial charge in [-0.05, 0) is 62.3 Å². The number of methoxy groups -OCH3 is 1. The van der Waals surface area contributed by atoms with Crippen molar-refractivity contribution in [2.24, 2.45) is 11.8 Å². The van der Waals surface area contributed by atoms with Gasteiger partial charge in [0.2, 0.25) is 5.91 Å². The van der Waals surface area contributed by atoms with E-state index in [9.17, 15) is 9.59 Å². The number of fused-ring (bicyclic) bond motifs is 1. The van der Waals surface area contributed by atoms with Crippen LogP contribution in [0.2, 0.25) is 0 Å². The van der Waals surface area contributed by atoms with Crippen LogP contribution in [0.5, 0.6) is 5.75 Å². The molecule has 2 heterocycles. The van der Waals surface area contributed by atoms with Crippen molar-refractivity contribution in [2.45, 2.75) is 52.1 Å². The predicted octanol–water partition coefficient (Wildman–Crippen LogP) is 3.70. The standard InChI is InChI=1S/C23H30N4O3/c1-16-4-6-17(7-5-16)23(29)26-12-3-13-27-21(15-26)20(14-24-27)22(28)25-18-8-10-19(30-2)11-9-18/h8-11,14,16-17H,3-7,12-13,15H2,1-2H3,(H,25,28). The van der Waals surface area contributed by atoms with Gasteiger partial charge in [0, 0.05) is 24.7 Å². The molecule has 2 amide bonds. The summed E-state index contributed by atoms with van der Waals surface area (Å²) >= 11 is 0. The fourth-order valence-electron chi connectivity index (χ4n) is 4.46. The summed E-state index contributed by atoms with van der Waals surface area (Å²) in [5, 5.41) is 7.35. The highest BCUT2D eigenvalue weighted by Crippen LogP contribution is 2.30. The van der Waals surface area contributed by atoms with Gasteiger partial charge in [0.15, 0.2) is 0 Å². The predicted molar refractivity (Wildman–Crippen MR) is 114 cm³/mol. The molecule has 1 saturated carbocycles. The van der Waals surface area contributed by atoms with Crippen molar-refractivity contribution in [3.8, 4) is 5.75 Å². The number of carbonyl (C=O) groups is 2. The first-order valence-corrected chi connectivity index (χ1v) is 10.8. The van der Waals surface area contributed by atoms with Crippen LogP contribution in [0, 0.1) is 11.8 Å². The van der Waals surface area contributed by atoms with Crippen molar-refractivity contribution in [1.29, 1.82) is 0 Å². The minimum absolute atomic E-state index is 0.118. The molecule has 2 aliphatic rings. The van der Waals surface area contributed by atoms with E-state index in [2.05, 4.69) is 17.3 Å². The number of ether oxygens (including phenoxy) is 1. The molecule has 160 valence electrons. The largest absolute Gasteiger partial charge is 0.497 e. The Balaban J connectivity index is 1.48. The van der Waals surface area contributed by atoms with Crippen molar-refractivity contribution in [3.63, 3.8) is 0 Å². The van der Waals surface area contributed by atoms with Gasteiger partial charge in [0.25, 0.3) is 5.91 Å². The Bertz CT molecular complexity index is 898. The van der Waals surface area contributed by atoms with Gasteiger partial charge in [-0.3, -0.25) is 14.3 Å². The maximum atomic E-state index is 13.2. The molecular weight excluding hydrogens is 380 g/mol. The number of nitrogens with one attached hydrogen (secondary N) is 1. The Morgan fingerprint density at radius 3 is 2.53 bits per heavy atom. The molecular formula is C23H30N4O3. The molecule has 0 saturated heterocycles. The molecule has 0 radical (unpaired) electrons. The monoisotopic (exact) mass is 410 g/mol. The zero-order valence-corrected chi connectivity index (χ0v) is 17.8. The molecule has 1 aliphatic heterocycles. The normalized spacial score (nSPS) is 21.5. The molecule has 0 spiro atoms. The van der Waals surface area contributed by atoms with E-state index in [1.54, 1.807) is 37.6 Å². The first-order valence-electron chi connectivity index (χ1n) is 10.8. The molecule has 30 heavy (non-hydrogen) atoms. The van der Waals surface area contributed by atoms with Crippen LogP contribution in [0.25, 0.3) is 0 Å². The van der Waals surface area contributed by atoms with Gasteiger partial charge in [0.1, 0.15) is 5.75 Å². The van der Waals surface area contributed by atoms with Crippen molar-refractivity contribution in [2.75, 3.05) is 19.0 Å². The van der Waals surface area contributed by atoms with Crippen molar-refractivity contribution in [3.05, 3.63) is 41.7 Å². The Kier molecular flexibility index (Phi) is 6.06. The first-order chi connectivity index (χ1) is 14.5. The van der Waals surface area contributed by atoms with E-state index < -0.39 is 0 Å². The lowest BCUT2D eigenvalue weighted by Crippen LogP contribution is -2.37. The Morgan fingerprint density at radius 2 is 1.83 bits per heavy atom. The molecule has 1 aromatic carbocycles. The number of rotatable bonds is 4. The van der Waals surface area contributed by atoms with Crippen molar-refractivity contribution < 1.29 is 14.3 Å². The Hall–Kier alpha value is -2.83. The molecule has 0 bridgehead atoms. The van der Waals surface area contributed by atoms with Crippen molar-refractivity contribution >= 4 is 17.5 Å². The Morgan fingerprint density at radius 1 is 1.10 bits per heavy atom. The zero-order chi connectivity index (χ0) is 21.1. The maximum absolute atomic E-state index is 13.2. The van der Waals surface area contributed by atoms with Crippen LogP contribution in [0.4, 0.5) is 5.69 Å². The molecule has 1 aliphatic carbocycles. The van der Waals surface area contributed by atoms with Crippen LogP contribution >= 0.6 is 0 Å². The third-order valence-corrected chi connectivity index (χ3v) is 6.36. The molecule has 1 N–H and O–H groups in total. The lowest BCUT2D eigenvalue weighted by molar-refractivity contribution is -0.137. The van der Waals surface area contributed by atoms with Gasteiger partial charge < -0.3 is 15.0 Å². The number of nitrogens with zero attached hydrogens (tertiary/aromatic N) is 3. The smallest absolute Gasteiger partial charge is 0.259 e. The van der Waals surface area contributed by atoms with Crippen LogP contribution in [0.3, 0.4) is 0 Å². The third kappa shape index (κ3) is 4.35. The van der Waals surface area contributed by atoms with Crippen LogP contribution in [0.15, 0.2) is 30.5 Å². The van der Waals surface area contributed by atoms with E-state index >= 15 is 0 Å². The number of hydrogen-bond acceptors (Lipinski definition) is 4. The molecule has 1 fully saturated rings. The number of anilines is 1. The first kappa shape index (κ1) is 20.4. The van der Waals surface area contributed by atoms with Crippen LogP contribution in [-0.2, 0) is 17.9 Å². The highest BCUT2D eigenvalue weighted by atomic mass is 16.5. The number of amides is 2. The molecule has 4 rings (SSSR count). The second-order valence-corrected chi connectivity index (χ2v) is 8.48. The summed E-state index contributed by atoms with van der Waals surface area (Å²) in [7, 11) is 1.61. The van der Waals surface area contributed by atoms with Gasteiger partial charge in [0.05, 0.1) is 31.1 Å². The van der Waals surface area contributed by atoms with Gasteiger partial charge >= 0.3 is 0 Å².